The highest BCUT2D eigenvalue weighted by atomic mass is 16.6. The summed E-state index contributed by atoms with van der Waals surface area (Å²) in [4.78, 5) is 36.4. The summed E-state index contributed by atoms with van der Waals surface area (Å²) in [6, 6.07) is 22.9. The van der Waals surface area contributed by atoms with Gasteiger partial charge in [0.2, 0.25) is 0 Å². The van der Waals surface area contributed by atoms with Gasteiger partial charge in [-0.3, -0.25) is 14.9 Å². The standard InChI is InChI=1S/C22H16N4O4/c27-20-22(17-7-3-1-4-8-17,18-9-5-2-6-10-18)24-21(28)25(20)23-15-16-11-13-19(14-12-16)26(29)30/h1-15H,(H,24,28)/b23-15+. The normalized spacial score (nSPS) is 15.4. The summed E-state index contributed by atoms with van der Waals surface area (Å²) in [5.74, 6) is -0.539. The van der Waals surface area contributed by atoms with E-state index in [0.717, 1.165) is 5.01 Å². The van der Waals surface area contributed by atoms with Crippen molar-refractivity contribution < 1.29 is 14.5 Å². The maximum absolute atomic E-state index is 13.4. The Bertz CT molecular complexity index is 1090. The molecule has 4 rings (SSSR count). The van der Waals surface area contributed by atoms with Gasteiger partial charge < -0.3 is 5.32 Å². The van der Waals surface area contributed by atoms with E-state index in [0.29, 0.717) is 16.7 Å². The Morgan fingerprint density at radius 3 is 1.90 bits per heavy atom. The van der Waals surface area contributed by atoms with Crippen molar-refractivity contribution in [2.45, 2.75) is 5.54 Å². The largest absolute Gasteiger partial charge is 0.346 e. The molecule has 1 saturated heterocycles. The Labute approximate surface area is 171 Å². The predicted molar refractivity (Wildman–Crippen MR) is 110 cm³/mol. The van der Waals surface area contributed by atoms with Crippen LogP contribution in [0.3, 0.4) is 0 Å². The van der Waals surface area contributed by atoms with Crippen LogP contribution in [0.5, 0.6) is 0 Å². The molecule has 3 aromatic carbocycles. The van der Waals surface area contributed by atoms with Crippen LogP contribution in [0.2, 0.25) is 0 Å². The summed E-state index contributed by atoms with van der Waals surface area (Å²) in [5, 5.41) is 18.4. The molecule has 0 unspecified atom stereocenters. The van der Waals surface area contributed by atoms with E-state index in [1.165, 1.54) is 30.5 Å². The summed E-state index contributed by atoms with van der Waals surface area (Å²) in [6.45, 7) is 0. The Kier molecular flexibility index (Phi) is 4.81. The number of urea groups is 1. The molecule has 0 radical (unpaired) electrons. The number of amides is 3. The molecule has 30 heavy (non-hydrogen) atoms. The van der Waals surface area contributed by atoms with Crippen LogP contribution >= 0.6 is 0 Å². The van der Waals surface area contributed by atoms with Crippen molar-refractivity contribution in [3.8, 4) is 0 Å². The van der Waals surface area contributed by atoms with Gasteiger partial charge in [-0.2, -0.15) is 5.10 Å². The van der Waals surface area contributed by atoms with Gasteiger partial charge in [-0.25, -0.2) is 4.79 Å². The van der Waals surface area contributed by atoms with Crippen molar-refractivity contribution in [3.63, 3.8) is 0 Å². The fourth-order valence-electron chi connectivity index (χ4n) is 3.36. The lowest BCUT2D eigenvalue weighted by Gasteiger charge is -2.27. The number of nitro groups is 1. The Hall–Kier alpha value is -4.33. The summed E-state index contributed by atoms with van der Waals surface area (Å²) in [5.41, 5.74) is 0.282. The number of carbonyl (C=O) groups excluding carboxylic acids is 2. The third-order valence-electron chi connectivity index (χ3n) is 4.84. The molecule has 1 fully saturated rings. The lowest BCUT2D eigenvalue weighted by atomic mass is 9.83. The van der Waals surface area contributed by atoms with Crippen molar-refractivity contribution in [1.82, 2.24) is 10.3 Å². The maximum Gasteiger partial charge on any atom is 0.346 e. The molecule has 1 heterocycles. The van der Waals surface area contributed by atoms with Crippen molar-refractivity contribution in [2.75, 3.05) is 0 Å². The topological polar surface area (TPSA) is 105 Å². The molecule has 1 aliphatic heterocycles. The van der Waals surface area contributed by atoms with E-state index in [-0.39, 0.29) is 5.69 Å². The number of nitrogens with zero attached hydrogens (tertiary/aromatic N) is 3. The van der Waals surface area contributed by atoms with E-state index < -0.39 is 22.4 Å². The van der Waals surface area contributed by atoms with Crippen LogP contribution in [0, 0.1) is 10.1 Å². The molecule has 1 aliphatic rings. The molecular weight excluding hydrogens is 384 g/mol. The van der Waals surface area contributed by atoms with E-state index in [9.17, 15) is 19.7 Å². The van der Waals surface area contributed by atoms with E-state index in [4.69, 9.17) is 0 Å². The van der Waals surface area contributed by atoms with Gasteiger partial charge in [-0.05, 0) is 28.8 Å². The van der Waals surface area contributed by atoms with E-state index >= 15 is 0 Å². The molecule has 0 aromatic heterocycles. The third kappa shape index (κ3) is 3.20. The Morgan fingerprint density at radius 2 is 1.40 bits per heavy atom. The average molecular weight is 400 g/mol. The van der Waals surface area contributed by atoms with Gasteiger partial charge in [0.15, 0.2) is 5.54 Å². The number of nitro benzene ring substituents is 1. The lowest BCUT2D eigenvalue weighted by Crippen LogP contribution is -2.44. The van der Waals surface area contributed by atoms with Crippen LogP contribution in [0.4, 0.5) is 10.5 Å². The zero-order chi connectivity index (χ0) is 21.1. The fourth-order valence-corrected chi connectivity index (χ4v) is 3.36. The minimum atomic E-state index is -1.40. The highest BCUT2D eigenvalue weighted by Gasteiger charge is 2.54. The maximum atomic E-state index is 13.4. The fraction of sp³-hybridized carbons (Fsp3) is 0.0455. The zero-order valence-electron chi connectivity index (χ0n) is 15.6. The summed E-state index contributed by atoms with van der Waals surface area (Å²) >= 11 is 0. The molecule has 0 aliphatic carbocycles. The van der Waals surface area contributed by atoms with Crippen LogP contribution in [0.1, 0.15) is 16.7 Å². The minimum absolute atomic E-state index is 0.0608. The Morgan fingerprint density at radius 1 is 0.867 bits per heavy atom. The second-order valence-corrected chi connectivity index (χ2v) is 6.62. The van der Waals surface area contributed by atoms with Gasteiger partial charge in [0.1, 0.15) is 0 Å². The number of hydrogen-bond acceptors (Lipinski definition) is 5. The number of non-ortho nitro benzene ring substituents is 1. The summed E-state index contributed by atoms with van der Waals surface area (Å²) in [6.07, 6.45) is 1.31. The molecular formula is C22H16N4O4. The molecule has 1 N–H and O–H groups in total. The van der Waals surface area contributed by atoms with Crippen LogP contribution in [0.25, 0.3) is 0 Å². The van der Waals surface area contributed by atoms with Crippen molar-refractivity contribution in [3.05, 3.63) is 112 Å². The smallest absolute Gasteiger partial charge is 0.314 e. The van der Waals surface area contributed by atoms with Gasteiger partial charge in [-0.15, -0.1) is 5.01 Å². The molecule has 8 heteroatoms. The molecule has 148 valence electrons. The molecule has 3 amide bonds. The molecule has 3 aromatic rings. The first kappa shape index (κ1) is 19.0. The predicted octanol–water partition coefficient (Wildman–Crippen LogP) is 3.42. The van der Waals surface area contributed by atoms with Gasteiger partial charge in [0.25, 0.3) is 11.6 Å². The van der Waals surface area contributed by atoms with Crippen LogP contribution in [-0.4, -0.2) is 28.1 Å². The summed E-state index contributed by atoms with van der Waals surface area (Å²) in [7, 11) is 0. The second-order valence-electron chi connectivity index (χ2n) is 6.62. The third-order valence-corrected chi connectivity index (χ3v) is 4.84. The van der Waals surface area contributed by atoms with Crippen LogP contribution in [0.15, 0.2) is 90.0 Å². The van der Waals surface area contributed by atoms with Crippen molar-refractivity contribution >= 4 is 23.8 Å². The molecule has 0 bridgehead atoms. The SMILES string of the molecule is O=C1NC(c2ccccc2)(c2ccccc2)C(=O)N1/N=C/c1ccc([N+](=O)[O-])cc1. The second kappa shape index (κ2) is 7.59. The average Bonchev–Trinajstić information content (AvgIpc) is 3.04. The van der Waals surface area contributed by atoms with Gasteiger partial charge >= 0.3 is 6.03 Å². The number of rotatable bonds is 5. The number of hydrogen-bond donors (Lipinski definition) is 1. The van der Waals surface area contributed by atoms with Gasteiger partial charge in [0, 0.05) is 12.1 Å². The molecule has 0 spiro atoms. The Balaban J connectivity index is 1.71. The van der Waals surface area contributed by atoms with Crippen LogP contribution in [-0.2, 0) is 10.3 Å². The molecule has 0 atom stereocenters. The number of hydrazone groups is 1. The van der Waals surface area contributed by atoms with Crippen LogP contribution < -0.4 is 5.32 Å². The number of carbonyl (C=O) groups is 2. The minimum Gasteiger partial charge on any atom is -0.314 e. The quantitative estimate of drug-likeness (QED) is 0.307. The number of imide groups is 1. The first-order valence-electron chi connectivity index (χ1n) is 9.08. The molecule has 0 saturated carbocycles. The number of benzene rings is 3. The van der Waals surface area contributed by atoms with Crippen molar-refractivity contribution in [2.24, 2.45) is 5.10 Å². The summed E-state index contributed by atoms with van der Waals surface area (Å²) < 4.78 is 0. The van der Waals surface area contributed by atoms with Crippen molar-refractivity contribution in [1.29, 1.82) is 0 Å². The zero-order valence-corrected chi connectivity index (χ0v) is 15.6. The highest BCUT2D eigenvalue weighted by molar-refractivity contribution is 6.09. The first-order valence-corrected chi connectivity index (χ1v) is 9.08. The molecule has 8 nitrogen and oxygen atoms in total. The van der Waals surface area contributed by atoms with E-state index in [1.807, 2.05) is 12.1 Å². The van der Waals surface area contributed by atoms with E-state index in [1.54, 1.807) is 48.5 Å². The monoisotopic (exact) mass is 400 g/mol. The van der Waals surface area contributed by atoms with E-state index in [2.05, 4.69) is 10.4 Å². The van der Waals surface area contributed by atoms with Gasteiger partial charge in [0.05, 0.1) is 11.1 Å². The first-order chi connectivity index (χ1) is 14.5. The number of nitrogens with one attached hydrogen (secondary N) is 1. The van der Waals surface area contributed by atoms with Gasteiger partial charge in [-0.1, -0.05) is 60.7 Å². The lowest BCUT2D eigenvalue weighted by molar-refractivity contribution is -0.384. The highest BCUT2D eigenvalue weighted by Crippen LogP contribution is 2.36.